The molecule has 1 atom stereocenters. The zero-order chi connectivity index (χ0) is 31.2. The van der Waals surface area contributed by atoms with Crippen LogP contribution in [0.5, 0.6) is 23.1 Å². The average molecular weight is 606 g/mol. The fourth-order valence-corrected chi connectivity index (χ4v) is 6.35. The summed E-state index contributed by atoms with van der Waals surface area (Å²) < 4.78 is 35.2. The summed E-state index contributed by atoms with van der Waals surface area (Å²) in [6, 6.07) is 21.0. The number of nitrogens with two attached hydrogens (primary N) is 1. The van der Waals surface area contributed by atoms with E-state index < -0.39 is 17.3 Å². The Balaban J connectivity index is 1.38. The summed E-state index contributed by atoms with van der Waals surface area (Å²) in [4.78, 5) is 35.2. The molecule has 0 saturated heterocycles. The Morgan fingerprint density at radius 2 is 1.64 bits per heavy atom. The molecule has 3 heterocycles. The van der Waals surface area contributed by atoms with Crippen LogP contribution in [0.4, 0.5) is 4.39 Å². The van der Waals surface area contributed by atoms with Crippen LogP contribution in [0.25, 0.3) is 27.4 Å². The van der Waals surface area contributed by atoms with E-state index in [0.717, 1.165) is 16.3 Å². The van der Waals surface area contributed by atoms with Crippen molar-refractivity contribution < 1.29 is 23.4 Å². The molecule has 1 aliphatic rings. The largest absolute Gasteiger partial charge is 0.493 e. The topological polar surface area (TPSA) is 123 Å². The summed E-state index contributed by atoms with van der Waals surface area (Å²) in [5.74, 6) is 0.156. The van der Waals surface area contributed by atoms with E-state index in [0.29, 0.717) is 59.1 Å². The number of ether oxygens (including phenoxy) is 3. The standard InChI is InChI=1S/C34H28FN5O5/c1-43-28-16-23-25(17-29(28)44-2)37-18-38-33(23)45-27-14-13-20(19-8-3-4-9-21(19)27)22-10-7-15-39-31(22)30(32(36)41)34(42)40(39)26-12-6-5-11-24(26)35/h3-6,8-9,11-14,16-18,22H,7,10,15H2,1-2H3,(H2,36,41). The van der Waals surface area contributed by atoms with Crippen LogP contribution in [0.1, 0.15) is 40.4 Å². The maximum atomic E-state index is 14.9. The molecule has 45 heavy (non-hydrogen) atoms. The number of nitrogens with zero attached hydrogens (tertiary/aromatic N) is 4. The van der Waals surface area contributed by atoms with Crippen molar-refractivity contribution in [1.29, 1.82) is 0 Å². The number of amides is 1. The quantitative estimate of drug-likeness (QED) is 0.247. The molecule has 0 spiro atoms. The number of hydrogen-bond donors (Lipinski definition) is 1. The predicted molar refractivity (Wildman–Crippen MR) is 166 cm³/mol. The minimum Gasteiger partial charge on any atom is -0.493 e. The number of benzene rings is 4. The van der Waals surface area contributed by atoms with E-state index in [-0.39, 0.29) is 17.2 Å². The molecule has 0 aliphatic carbocycles. The Labute approximate surface area is 256 Å². The molecule has 0 fully saturated rings. The van der Waals surface area contributed by atoms with Gasteiger partial charge in [0.1, 0.15) is 29.1 Å². The second-order valence-electron chi connectivity index (χ2n) is 10.7. The van der Waals surface area contributed by atoms with E-state index in [2.05, 4.69) is 9.97 Å². The lowest BCUT2D eigenvalue weighted by molar-refractivity contribution is 0.0997. The highest BCUT2D eigenvalue weighted by atomic mass is 19.1. The van der Waals surface area contributed by atoms with Gasteiger partial charge in [0.2, 0.25) is 5.88 Å². The number of carbonyl (C=O) groups is 1. The van der Waals surface area contributed by atoms with Gasteiger partial charge in [0, 0.05) is 23.9 Å². The lowest BCUT2D eigenvalue weighted by Crippen LogP contribution is -2.26. The number of carbonyl (C=O) groups excluding carboxylic acids is 1. The van der Waals surface area contributed by atoms with Gasteiger partial charge in [0.05, 0.1) is 30.8 Å². The lowest BCUT2D eigenvalue weighted by Gasteiger charge is -2.28. The molecule has 10 nitrogen and oxygen atoms in total. The zero-order valence-corrected chi connectivity index (χ0v) is 24.5. The van der Waals surface area contributed by atoms with Gasteiger partial charge < -0.3 is 19.9 Å². The average Bonchev–Trinajstić information content (AvgIpc) is 3.36. The maximum absolute atomic E-state index is 14.9. The van der Waals surface area contributed by atoms with Crippen LogP contribution in [0.15, 0.2) is 83.9 Å². The first kappa shape index (κ1) is 28.1. The highest BCUT2D eigenvalue weighted by Crippen LogP contribution is 2.43. The Hall–Kier alpha value is -5.71. The monoisotopic (exact) mass is 605 g/mol. The molecule has 1 unspecified atom stereocenters. The first-order chi connectivity index (χ1) is 21.9. The van der Waals surface area contributed by atoms with Gasteiger partial charge in [0.25, 0.3) is 11.5 Å². The number of hydrogen-bond acceptors (Lipinski definition) is 7. The van der Waals surface area contributed by atoms with Crippen LogP contribution in [-0.4, -0.2) is 39.5 Å². The van der Waals surface area contributed by atoms with E-state index in [9.17, 15) is 14.0 Å². The minimum absolute atomic E-state index is 0.0665. The van der Waals surface area contributed by atoms with Gasteiger partial charge in [-0.3, -0.25) is 14.3 Å². The molecular weight excluding hydrogens is 577 g/mol. The number of aromatic nitrogens is 4. The van der Waals surface area contributed by atoms with Crippen LogP contribution in [0.3, 0.4) is 0 Å². The van der Waals surface area contributed by atoms with E-state index >= 15 is 0 Å². The normalized spacial score (nSPS) is 14.3. The van der Waals surface area contributed by atoms with Crippen molar-refractivity contribution >= 4 is 27.6 Å². The van der Waals surface area contributed by atoms with Crippen LogP contribution >= 0.6 is 0 Å². The third-order valence-corrected chi connectivity index (χ3v) is 8.31. The predicted octanol–water partition coefficient (Wildman–Crippen LogP) is 5.71. The molecule has 0 radical (unpaired) electrons. The van der Waals surface area contributed by atoms with Gasteiger partial charge in [-0.1, -0.05) is 42.5 Å². The van der Waals surface area contributed by atoms with Gasteiger partial charge in [-0.2, -0.15) is 0 Å². The SMILES string of the molecule is COc1cc2ncnc(Oc3ccc(C4CCCn5c4c(C(N)=O)c(=O)n5-c4ccccc4F)c4ccccc34)c2cc1OC. The first-order valence-electron chi connectivity index (χ1n) is 14.4. The molecule has 6 aromatic rings. The molecule has 2 N–H and O–H groups in total. The molecule has 7 rings (SSSR count). The molecule has 11 heteroatoms. The van der Waals surface area contributed by atoms with Crippen molar-refractivity contribution in [2.24, 2.45) is 5.73 Å². The summed E-state index contributed by atoms with van der Waals surface area (Å²) in [6.07, 6.45) is 2.78. The van der Waals surface area contributed by atoms with E-state index in [1.807, 2.05) is 36.4 Å². The maximum Gasteiger partial charge on any atom is 0.284 e. The van der Waals surface area contributed by atoms with Crippen molar-refractivity contribution in [2.45, 2.75) is 25.3 Å². The van der Waals surface area contributed by atoms with Gasteiger partial charge >= 0.3 is 0 Å². The summed E-state index contributed by atoms with van der Waals surface area (Å²) in [5.41, 5.74) is 7.09. The Kier molecular flexibility index (Phi) is 6.92. The van der Waals surface area contributed by atoms with E-state index in [1.165, 1.54) is 23.1 Å². The van der Waals surface area contributed by atoms with Gasteiger partial charge in [-0.25, -0.2) is 19.0 Å². The van der Waals surface area contributed by atoms with Crippen LogP contribution in [0.2, 0.25) is 0 Å². The van der Waals surface area contributed by atoms with Gasteiger partial charge in [-0.05, 0) is 48.1 Å². The molecular formula is C34H28FN5O5. The number of para-hydroxylation sites is 1. The van der Waals surface area contributed by atoms with Crippen molar-refractivity contribution in [3.8, 4) is 28.8 Å². The smallest absolute Gasteiger partial charge is 0.284 e. The fraction of sp³-hybridized carbons (Fsp3) is 0.176. The second kappa shape index (κ2) is 11.1. The van der Waals surface area contributed by atoms with Gasteiger partial charge in [-0.15, -0.1) is 0 Å². The molecule has 2 aromatic heterocycles. The highest BCUT2D eigenvalue weighted by molar-refractivity contribution is 5.96. The Bertz CT molecular complexity index is 2190. The zero-order valence-electron chi connectivity index (χ0n) is 24.5. The second-order valence-corrected chi connectivity index (χ2v) is 10.7. The molecule has 226 valence electrons. The van der Waals surface area contributed by atoms with Crippen LogP contribution in [0, 0.1) is 5.82 Å². The van der Waals surface area contributed by atoms with Crippen molar-refractivity contribution in [3.05, 3.63) is 112 Å². The summed E-state index contributed by atoms with van der Waals surface area (Å²) in [7, 11) is 3.11. The molecule has 0 bridgehead atoms. The van der Waals surface area contributed by atoms with Crippen LogP contribution in [-0.2, 0) is 6.54 Å². The first-order valence-corrected chi connectivity index (χ1v) is 14.4. The van der Waals surface area contributed by atoms with Crippen molar-refractivity contribution in [1.82, 2.24) is 19.3 Å². The van der Waals surface area contributed by atoms with E-state index in [1.54, 1.807) is 43.2 Å². The van der Waals surface area contributed by atoms with Gasteiger partial charge in [0.15, 0.2) is 11.5 Å². The lowest BCUT2D eigenvalue weighted by atomic mass is 9.84. The number of rotatable bonds is 7. The summed E-state index contributed by atoms with van der Waals surface area (Å²) in [5, 5.41) is 2.31. The fourth-order valence-electron chi connectivity index (χ4n) is 6.35. The number of methoxy groups -OCH3 is 2. The van der Waals surface area contributed by atoms with Crippen molar-refractivity contribution in [2.75, 3.05) is 14.2 Å². The van der Waals surface area contributed by atoms with E-state index in [4.69, 9.17) is 19.9 Å². The Morgan fingerprint density at radius 1 is 0.911 bits per heavy atom. The highest BCUT2D eigenvalue weighted by Gasteiger charge is 2.34. The molecule has 4 aromatic carbocycles. The third kappa shape index (κ3) is 4.55. The van der Waals surface area contributed by atoms with Crippen molar-refractivity contribution in [3.63, 3.8) is 0 Å². The minimum atomic E-state index is -0.849. The number of primary amides is 1. The molecule has 1 aliphatic heterocycles. The van der Waals surface area contributed by atoms with Crippen LogP contribution < -0.4 is 25.5 Å². The number of halogens is 1. The molecule has 0 saturated carbocycles. The third-order valence-electron chi connectivity index (χ3n) is 8.31. The Morgan fingerprint density at radius 3 is 2.40 bits per heavy atom. The molecule has 1 amide bonds. The number of fused-ring (bicyclic) bond motifs is 3. The summed E-state index contributed by atoms with van der Waals surface area (Å²) >= 11 is 0. The summed E-state index contributed by atoms with van der Waals surface area (Å²) in [6.45, 7) is 0.427.